The van der Waals surface area contributed by atoms with Crippen LogP contribution in [-0.2, 0) is 14.5 Å². The molecule has 0 aromatic carbocycles. The zero-order chi connectivity index (χ0) is 15.4. The van der Waals surface area contributed by atoms with Crippen LogP contribution in [0.15, 0.2) is 0 Å². The predicted molar refractivity (Wildman–Crippen MR) is 84.8 cm³/mol. The zero-order valence-electron chi connectivity index (χ0n) is 14.5. The first-order valence-corrected chi connectivity index (χ1v) is 9.45. The Labute approximate surface area is 135 Å². The van der Waals surface area contributed by atoms with Crippen LogP contribution in [0.25, 0.3) is 0 Å². The van der Waals surface area contributed by atoms with Gasteiger partial charge in [-0.05, 0) is 56.3 Å². The molecule has 0 radical (unpaired) electrons. The van der Waals surface area contributed by atoms with Crippen molar-refractivity contribution in [2.45, 2.75) is 96.6 Å². The lowest BCUT2D eigenvalue weighted by atomic mass is 9.66. The van der Waals surface area contributed by atoms with E-state index in [-0.39, 0.29) is 5.41 Å². The van der Waals surface area contributed by atoms with E-state index in [4.69, 9.17) is 14.5 Å². The molecule has 3 nitrogen and oxygen atoms in total. The van der Waals surface area contributed by atoms with Crippen molar-refractivity contribution < 1.29 is 14.5 Å². The third kappa shape index (κ3) is 2.74. The average molecular weight is 308 g/mol. The van der Waals surface area contributed by atoms with Gasteiger partial charge in [0.25, 0.3) is 0 Å². The Hall–Kier alpha value is -0.120. The van der Waals surface area contributed by atoms with E-state index in [9.17, 15) is 0 Å². The summed E-state index contributed by atoms with van der Waals surface area (Å²) in [6.45, 7) is 6.78. The van der Waals surface area contributed by atoms with Gasteiger partial charge in [0.1, 0.15) is 0 Å². The topological polar surface area (TPSA) is 27.7 Å². The van der Waals surface area contributed by atoms with Crippen LogP contribution in [0.5, 0.6) is 0 Å². The molecule has 4 aliphatic rings. The van der Waals surface area contributed by atoms with Crippen molar-refractivity contribution in [2.75, 3.05) is 0 Å². The van der Waals surface area contributed by atoms with Gasteiger partial charge in [0.2, 0.25) is 11.6 Å². The zero-order valence-corrected chi connectivity index (χ0v) is 14.5. The molecule has 0 aromatic heterocycles. The Morgan fingerprint density at radius 1 is 0.818 bits per heavy atom. The van der Waals surface area contributed by atoms with E-state index in [2.05, 4.69) is 20.8 Å². The molecule has 4 fully saturated rings. The van der Waals surface area contributed by atoms with E-state index in [0.717, 1.165) is 24.7 Å². The largest absolute Gasteiger partial charge is 0.312 e. The minimum atomic E-state index is -0.526. The smallest absolute Gasteiger partial charge is 0.205 e. The molecular formula is C19H32O3. The molecule has 1 aliphatic heterocycles. The lowest BCUT2D eigenvalue weighted by Crippen LogP contribution is -2.46. The summed E-state index contributed by atoms with van der Waals surface area (Å²) in [5.41, 5.74) is 0.288. The molecule has 0 N–H and O–H groups in total. The van der Waals surface area contributed by atoms with Crippen LogP contribution >= 0.6 is 0 Å². The Morgan fingerprint density at radius 2 is 1.55 bits per heavy atom. The third-order valence-electron chi connectivity index (χ3n) is 6.78. The van der Waals surface area contributed by atoms with Crippen LogP contribution in [0.3, 0.4) is 0 Å². The molecule has 126 valence electrons. The monoisotopic (exact) mass is 308 g/mol. The second kappa shape index (κ2) is 5.19. The van der Waals surface area contributed by atoms with Crippen LogP contribution in [0, 0.1) is 23.2 Å². The molecule has 2 unspecified atom stereocenters. The lowest BCUT2D eigenvalue weighted by molar-refractivity contribution is -0.364. The molecule has 1 spiro atoms. The molecular weight excluding hydrogens is 276 g/mol. The first-order valence-electron chi connectivity index (χ1n) is 9.45. The highest BCUT2D eigenvalue weighted by atomic mass is 17.3. The van der Waals surface area contributed by atoms with Crippen molar-refractivity contribution in [3.63, 3.8) is 0 Å². The van der Waals surface area contributed by atoms with Crippen molar-refractivity contribution in [3.05, 3.63) is 0 Å². The molecule has 0 aromatic rings. The standard InChI is InChI=1S/C19H32O3/c1-17(2)8-5-9-19(13-17)20-18(3,21-22-19)16-11-14-6-4-7-15(10-14)12-16/h14-16H,4-13H2,1-3H3/t14?,15?,16?,18-,19+/m0/s1. The number of rotatable bonds is 1. The van der Waals surface area contributed by atoms with Crippen LogP contribution in [0.4, 0.5) is 0 Å². The maximum absolute atomic E-state index is 6.57. The normalized spacial score (nSPS) is 51.1. The fraction of sp³-hybridized carbons (Fsp3) is 1.00. The number of ether oxygens (including phenoxy) is 1. The number of hydrogen-bond donors (Lipinski definition) is 0. The van der Waals surface area contributed by atoms with Gasteiger partial charge in [0.15, 0.2) is 0 Å². The van der Waals surface area contributed by atoms with Gasteiger partial charge in [0, 0.05) is 18.8 Å². The summed E-state index contributed by atoms with van der Waals surface area (Å²) >= 11 is 0. The molecule has 2 bridgehead atoms. The Balaban J connectivity index is 1.48. The van der Waals surface area contributed by atoms with Crippen molar-refractivity contribution in [1.29, 1.82) is 0 Å². The van der Waals surface area contributed by atoms with E-state index >= 15 is 0 Å². The highest BCUT2D eigenvalue weighted by Crippen LogP contribution is 2.54. The van der Waals surface area contributed by atoms with E-state index < -0.39 is 11.6 Å². The van der Waals surface area contributed by atoms with E-state index in [1.807, 2.05) is 0 Å². The molecule has 4 atom stereocenters. The number of fused-ring (bicyclic) bond motifs is 2. The Bertz CT molecular complexity index is 422. The summed E-state index contributed by atoms with van der Waals surface area (Å²) in [5, 5.41) is 0. The Kier molecular flexibility index (Phi) is 3.63. The fourth-order valence-corrected chi connectivity index (χ4v) is 5.77. The summed E-state index contributed by atoms with van der Waals surface area (Å²) in [4.78, 5) is 11.8. The molecule has 1 heterocycles. The molecule has 3 heteroatoms. The summed E-state index contributed by atoms with van der Waals surface area (Å²) in [6.07, 6.45) is 12.5. The summed E-state index contributed by atoms with van der Waals surface area (Å²) < 4.78 is 6.57. The molecule has 1 saturated heterocycles. The minimum absolute atomic E-state index is 0.288. The molecule has 4 rings (SSSR count). The highest BCUT2D eigenvalue weighted by molar-refractivity contribution is 4.94. The summed E-state index contributed by atoms with van der Waals surface area (Å²) in [7, 11) is 0. The highest BCUT2D eigenvalue weighted by Gasteiger charge is 2.57. The molecule has 0 amide bonds. The van der Waals surface area contributed by atoms with Crippen molar-refractivity contribution in [2.24, 2.45) is 23.2 Å². The van der Waals surface area contributed by atoms with Gasteiger partial charge >= 0.3 is 0 Å². The van der Waals surface area contributed by atoms with Gasteiger partial charge in [-0.3, -0.25) is 0 Å². The van der Waals surface area contributed by atoms with Gasteiger partial charge < -0.3 is 4.74 Å². The second-order valence-electron chi connectivity index (χ2n) is 9.46. The van der Waals surface area contributed by atoms with Crippen LogP contribution in [0.1, 0.15) is 85.0 Å². The van der Waals surface area contributed by atoms with Gasteiger partial charge in [-0.2, -0.15) is 9.78 Å². The Morgan fingerprint density at radius 3 is 2.23 bits per heavy atom. The number of hydrogen-bond acceptors (Lipinski definition) is 3. The molecule has 3 saturated carbocycles. The first-order chi connectivity index (χ1) is 10.4. The van der Waals surface area contributed by atoms with Crippen LogP contribution in [-0.4, -0.2) is 11.6 Å². The maximum Gasteiger partial charge on any atom is 0.205 e. The van der Waals surface area contributed by atoms with E-state index in [1.165, 1.54) is 51.4 Å². The maximum atomic E-state index is 6.57. The van der Waals surface area contributed by atoms with Crippen LogP contribution < -0.4 is 0 Å². The SMILES string of the molecule is CC1(C)CCC[C@]2(C1)OO[C@@](C)(C1CC3CCCC(C3)C1)O2. The van der Waals surface area contributed by atoms with Gasteiger partial charge in [0.05, 0.1) is 0 Å². The fourth-order valence-electron chi connectivity index (χ4n) is 5.77. The first kappa shape index (κ1) is 15.4. The minimum Gasteiger partial charge on any atom is -0.312 e. The molecule has 3 aliphatic carbocycles. The summed E-state index contributed by atoms with van der Waals surface area (Å²) in [6, 6.07) is 0. The summed E-state index contributed by atoms with van der Waals surface area (Å²) in [5.74, 6) is 1.27. The molecule has 22 heavy (non-hydrogen) atoms. The van der Waals surface area contributed by atoms with Gasteiger partial charge in [-0.1, -0.05) is 33.1 Å². The van der Waals surface area contributed by atoms with E-state index in [0.29, 0.717) is 5.92 Å². The van der Waals surface area contributed by atoms with Crippen molar-refractivity contribution in [3.8, 4) is 0 Å². The van der Waals surface area contributed by atoms with Crippen molar-refractivity contribution >= 4 is 0 Å². The quantitative estimate of drug-likeness (QED) is 0.624. The second-order valence-corrected chi connectivity index (χ2v) is 9.46. The van der Waals surface area contributed by atoms with Crippen molar-refractivity contribution in [1.82, 2.24) is 0 Å². The average Bonchev–Trinajstić information content (AvgIpc) is 2.75. The third-order valence-corrected chi connectivity index (χ3v) is 6.78. The predicted octanol–water partition coefficient (Wildman–Crippen LogP) is 5.19. The van der Waals surface area contributed by atoms with E-state index in [1.54, 1.807) is 0 Å². The lowest BCUT2D eigenvalue weighted by Gasteiger charge is -2.44. The van der Waals surface area contributed by atoms with Crippen LogP contribution in [0.2, 0.25) is 0 Å². The van der Waals surface area contributed by atoms with Gasteiger partial charge in [-0.15, -0.1) is 0 Å². The van der Waals surface area contributed by atoms with Gasteiger partial charge in [-0.25, -0.2) is 0 Å².